The predicted molar refractivity (Wildman–Crippen MR) is 101 cm³/mol. The summed E-state index contributed by atoms with van der Waals surface area (Å²) in [7, 11) is 0. The minimum Gasteiger partial charge on any atom is -0.423 e. The number of aryl methyl sites for hydroxylation is 1. The predicted octanol–water partition coefficient (Wildman–Crippen LogP) is 5.98. The van der Waals surface area contributed by atoms with E-state index in [-0.39, 0.29) is 0 Å². The molecule has 3 aromatic rings. The van der Waals surface area contributed by atoms with Crippen molar-refractivity contribution in [3.05, 3.63) is 95.1 Å². The van der Waals surface area contributed by atoms with Crippen molar-refractivity contribution in [2.75, 3.05) is 0 Å². The Morgan fingerprint density at radius 3 is 2.07 bits per heavy atom. The molecule has 28 heavy (non-hydrogen) atoms. The fourth-order valence-electron chi connectivity index (χ4n) is 2.36. The average Bonchev–Trinajstić information content (AvgIpc) is 2.67. The first-order valence-corrected chi connectivity index (χ1v) is 8.41. The van der Waals surface area contributed by atoms with Crippen LogP contribution >= 0.6 is 0 Å². The summed E-state index contributed by atoms with van der Waals surface area (Å²) in [6.07, 6.45) is -2.84. The van der Waals surface area contributed by atoms with Gasteiger partial charge in [-0.2, -0.15) is 13.2 Å². The van der Waals surface area contributed by atoms with Crippen molar-refractivity contribution < 1.29 is 22.7 Å². The highest BCUT2D eigenvalue weighted by molar-refractivity contribution is 5.91. The van der Waals surface area contributed by atoms with Crippen molar-refractivity contribution in [3.63, 3.8) is 0 Å². The quantitative estimate of drug-likeness (QED) is 0.316. The molecule has 0 fully saturated rings. The number of benzene rings is 3. The number of ether oxygens (including phenoxy) is 1. The zero-order valence-corrected chi connectivity index (χ0v) is 14.9. The van der Waals surface area contributed by atoms with E-state index in [2.05, 4.69) is 4.99 Å². The summed E-state index contributed by atoms with van der Waals surface area (Å²) in [5.41, 5.74) is 1.91. The van der Waals surface area contributed by atoms with Gasteiger partial charge in [0.15, 0.2) is 0 Å². The second kappa shape index (κ2) is 8.08. The van der Waals surface area contributed by atoms with Crippen LogP contribution in [0.1, 0.15) is 27.0 Å². The Labute approximate surface area is 160 Å². The van der Waals surface area contributed by atoms with E-state index in [1.807, 2.05) is 19.1 Å². The van der Waals surface area contributed by atoms with E-state index in [1.165, 1.54) is 18.3 Å². The third-order valence-corrected chi connectivity index (χ3v) is 3.94. The number of hydrogen-bond donors (Lipinski definition) is 0. The molecule has 6 heteroatoms. The Hall–Kier alpha value is -3.41. The van der Waals surface area contributed by atoms with Crippen molar-refractivity contribution >= 4 is 17.9 Å². The molecule has 0 amide bonds. The molecule has 3 nitrogen and oxygen atoms in total. The fraction of sp³-hybridized carbons (Fsp3) is 0.0909. The SMILES string of the molecule is Cc1ccc(C(=O)Oc2ccc(C=Nc3ccc(C(F)(F)F)cc3)cc2)cc1. The lowest BCUT2D eigenvalue weighted by molar-refractivity contribution is -0.137. The fourth-order valence-corrected chi connectivity index (χ4v) is 2.36. The number of halogens is 3. The number of alkyl halides is 3. The van der Waals surface area contributed by atoms with Crippen LogP contribution in [-0.2, 0) is 6.18 Å². The van der Waals surface area contributed by atoms with Gasteiger partial charge in [0, 0.05) is 6.21 Å². The van der Waals surface area contributed by atoms with Gasteiger partial charge in [0.25, 0.3) is 0 Å². The molecule has 0 N–H and O–H groups in total. The monoisotopic (exact) mass is 383 g/mol. The van der Waals surface area contributed by atoms with Crippen LogP contribution in [0.15, 0.2) is 77.8 Å². The zero-order valence-electron chi connectivity index (χ0n) is 14.9. The molecule has 0 atom stereocenters. The van der Waals surface area contributed by atoms with Crippen LogP contribution < -0.4 is 4.74 Å². The van der Waals surface area contributed by atoms with E-state index in [9.17, 15) is 18.0 Å². The number of carbonyl (C=O) groups is 1. The molecule has 0 saturated heterocycles. The first-order chi connectivity index (χ1) is 13.3. The summed E-state index contributed by atoms with van der Waals surface area (Å²) in [5, 5.41) is 0. The number of hydrogen-bond acceptors (Lipinski definition) is 3. The minimum atomic E-state index is -4.37. The van der Waals surface area contributed by atoms with Crippen LogP contribution in [0.2, 0.25) is 0 Å². The van der Waals surface area contributed by atoms with Gasteiger partial charge in [-0.25, -0.2) is 4.79 Å². The molecule has 0 aromatic heterocycles. The van der Waals surface area contributed by atoms with Gasteiger partial charge in [-0.1, -0.05) is 17.7 Å². The Kier molecular flexibility index (Phi) is 5.59. The van der Waals surface area contributed by atoms with Crippen molar-refractivity contribution in [2.45, 2.75) is 13.1 Å². The van der Waals surface area contributed by atoms with Gasteiger partial charge in [-0.15, -0.1) is 0 Å². The largest absolute Gasteiger partial charge is 0.423 e. The second-order valence-corrected chi connectivity index (χ2v) is 6.13. The van der Waals surface area contributed by atoms with Crippen LogP contribution in [0, 0.1) is 6.92 Å². The molecular formula is C22H16F3NO2. The third-order valence-electron chi connectivity index (χ3n) is 3.94. The molecule has 142 valence electrons. The number of carbonyl (C=O) groups excluding carboxylic acids is 1. The molecule has 0 heterocycles. The number of rotatable bonds is 4. The van der Waals surface area contributed by atoms with Crippen LogP contribution in [0.25, 0.3) is 0 Å². The van der Waals surface area contributed by atoms with Gasteiger partial charge in [0.05, 0.1) is 16.8 Å². The lowest BCUT2D eigenvalue weighted by Gasteiger charge is -2.06. The number of aliphatic imine (C=N–C) groups is 1. The third kappa shape index (κ3) is 5.07. The molecular weight excluding hydrogens is 367 g/mol. The van der Waals surface area contributed by atoms with E-state index >= 15 is 0 Å². The standard InChI is InChI=1S/C22H16F3NO2/c1-15-2-6-17(7-3-15)21(27)28-20-12-4-16(5-13-20)14-26-19-10-8-18(9-11-19)22(23,24)25/h2-14H,1H3. The molecule has 3 aromatic carbocycles. The van der Waals surface area contributed by atoms with Gasteiger partial charge in [0.1, 0.15) is 5.75 Å². The van der Waals surface area contributed by atoms with E-state index in [1.54, 1.807) is 36.4 Å². The van der Waals surface area contributed by atoms with Gasteiger partial charge >= 0.3 is 12.1 Å². The molecule has 0 saturated carbocycles. The maximum absolute atomic E-state index is 12.6. The maximum atomic E-state index is 12.6. The molecule has 0 aliphatic carbocycles. The molecule has 0 radical (unpaired) electrons. The molecule has 0 spiro atoms. The van der Waals surface area contributed by atoms with Crippen molar-refractivity contribution in [3.8, 4) is 5.75 Å². The molecule has 0 aliphatic heterocycles. The van der Waals surface area contributed by atoms with Gasteiger partial charge < -0.3 is 4.74 Å². The smallest absolute Gasteiger partial charge is 0.416 e. The summed E-state index contributed by atoms with van der Waals surface area (Å²) >= 11 is 0. The van der Waals surface area contributed by atoms with Crippen LogP contribution in [0.3, 0.4) is 0 Å². The Morgan fingerprint density at radius 2 is 1.50 bits per heavy atom. The second-order valence-electron chi connectivity index (χ2n) is 6.13. The summed E-state index contributed by atoms with van der Waals surface area (Å²) in [4.78, 5) is 16.2. The topological polar surface area (TPSA) is 38.7 Å². The summed E-state index contributed by atoms with van der Waals surface area (Å²) in [5.74, 6) is -0.0663. The highest BCUT2D eigenvalue weighted by Gasteiger charge is 2.29. The van der Waals surface area contributed by atoms with Gasteiger partial charge in [-0.3, -0.25) is 4.99 Å². The van der Waals surface area contributed by atoms with Crippen LogP contribution in [-0.4, -0.2) is 12.2 Å². The Balaban J connectivity index is 1.63. The minimum absolute atomic E-state index is 0.386. The summed E-state index contributed by atoms with van der Waals surface area (Å²) < 4.78 is 43.0. The average molecular weight is 383 g/mol. The number of esters is 1. The Morgan fingerprint density at radius 1 is 0.893 bits per heavy atom. The van der Waals surface area contributed by atoms with E-state index in [0.717, 1.165) is 23.3 Å². The van der Waals surface area contributed by atoms with E-state index in [0.29, 0.717) is 17.0 Å². The van der Waals surface area contributed by atoms with Gasteiger partial charge in [0.2, 0.25) is 0 Å². The lowest BCUT2D eigenvalue weighted by Crippen LogP contribution is -2.08. The maximum Gasteiger partial charge on any atom is 0.416 e. The molecule has 0 unspecified atom stereocenters. The first kappa shape index (κ1) is 19.4. The summed E-state index contributed by atoms with van der Waals surface area (Å²) in [6, 6.07) is 18.3. The molecule has 3 rings (SSSR count). The number of nitrogens with zero attached hydrogens (tertiary/aromatic N) is 1. The first-order valence-electron chi connectivity index (χ1n) is 8.41. The molecule has 0 bridgehead atoms. The van der Waals surface area contributed by atoms with E-state index < -0.39 is 17.7 Å². The van der Waals surface area contributed by atoms with Crippen molar-refractivity contribution in [1.29, 1.82) is 0 Å². The Bertz CT molecular complexity index is 974. The van der Waals surface area contributed by atoms with Crippen LogP contribution in [0.5, 0.6) is 5.75 Å². The van der Waals surface area contributed by atoms with Crippen molar-refractivity contribution in [2.24, 2.45) is 4.99 Å². The highest BCUT2D eigenvalue weighted by Crippen LogP contribution is 2.30. The van der Waals surface area contributed by atoms with Crippen LogP contribution in [0.4, 0.5) is 18.9 Å². The lowest BCUT2D eigenvalue weighted by atomic mass is 10.1. The highest BCUT2D eigenvalue weighted by atomic mass is 19.4. The van der Waals surface area contributed by atoms with Crippen molar-refractivity contribution in [1.82, 2.24) is 0 Å². The molecule has 0 aliphatic rings. The zero-order chi connectivity index (χ0) is 20.1. The van der Waals surface area contributed by atoms with Gasteiger partial charge in [-0.05, 0) is 73.2 Å². The normalized spacial score (nSPS) is 11.6. The summed E-state index contributed by atoms with van der Waals surface area (Å²) in [6.45, 7) is 1.93. The van der Waals surface area contributed by atoms with E-state index in [4.69, 9.17) is 4.74 Å².